The van der Waals surface area contributed by atoms with Crippen molar-refractivity contribution in [1.29, 1.82) is 0 Å². The lowest BCUT2D eigenvalue weighted by atomic mass is 9.79. The van der Waals surface area contributed by atoms with Crippen molar-refractivity contribution in [2.75, 3.05) is 20.3 Å². The van der Waals surface area contributed by atoms with Gasteiger partial charge in [-0.25, -0.2) is 8.78 Å². The second-order valence-electron chi connectivity index (χ2n) is 7.95. The number of hydrogen-bond acceptors (Lipinski definition) is 2. The quantitative estimate of drug-likeness (QED) is 0.342. The lowest BCUT2D eigenvalue weighted by Gasteiger charge is -2.27. The van der Waals surface area contributed by atoms with Crippen LogP contribution >= 0.6 is 0 Å². The SMILES string of the molecule is CCCC1CCC(C(F)=C(F)c2ccc(OCCCCCCOC)cc2)CC1. The fourth-order valence-electron chi connectivity index (χ4n) is 4.02. The molecule has 0 spiro atoms. The molecule has 2 nitrogen and oxygen atoms in total. The molecule has 1 aromatic rings. The van der Waals surface area contributed by atoms with Crippen LogP contribution in [-0.4, -0.2) is 20.3 Å². The van der Waals surface area contributed by atoms with Crippen molar-refractivity contribution in [3.63, 3.8) is 0 Å². The predicted octanol–water partition coefficient (Wildman–Crippen LogP) is 7.49. The fraction of sp³-hybridized carbons (Fsp3) is 0.667. The molecule has 0 amide bonds. The van der Waals surface area contributed by atoms with Crippen LogP contribution in [0.2, 0.25) is 0 Å². The van der Waals surface area contributed by atoms with Gasteiger partial charge in [-0.3, -0.25) is 0 Å². The molecule has 0 aromatic heterocycles. The molecule has 1 fully saturated rings. The molecule has 4 heteroatoms. The third kappa shape index (κ3) is 7.54. The lowest BCUT2D eigenvalue weighted by Crippen LogP contribution is -2.15. The lowest BCUT2D eigenvalue weighted by molar-refractivity contribution is 0.191. The van der Waals surface area contributed by atoms with Gasteiger partial charge in [0.2, 0.25) is 0 Å². The third-order valence-electron chi connectivity index (χ3n) is 5.73. The number of allylic oxidation sites excluding steroid dienone is 1. The van der Waals surface area contributed by atoms with Crippen LogP contribution in [0.25, 0.3) is 5.83 Å². The van der Waals surface area contributed by atoms with Gasteiger partial charge in [0, 0.05) is 25.2 Å². The van der Waals surface area contributed by atoms with E-state index in [2.05, 4.69) is 6.92 Å². The summed E-state index contributed by atoms with van der Waals surface area (Å²) in [5.41, 5.74) is 0.306. The zero-order valence-electron chi connectivity index (χ0n) is 17.5. The molecule has 1 aliphatic rings. The van der Waals surface area contributed by atoms with Crippen molar-refractivity contribution in [2.24, 2.45) is 11.8 Å². The number of methoxy groups -OCH3 is 1. The van der Waals surface area contributed by atoms with Crippen LogP contribution in [-0.2, 0) is 4.74 Å². The van der Waals surface area contributed by atoms with Crippen LogP contribution < -0.4 is 4.74 Å². The zero-order valence-corrected chi connectivity index (χ0v) is 17.5. The molecule has 0 aliphatic heterocycles. The molecule has 28 heavy (non-hydrogen) atoms. The standard InChI is InChI=1S/C24H36F2O2/c1-3-8-19-9-11-20(12-10-19)23(25)24(26)21-13-15-22(16-14-21)28-18-7-5-4-6-17-27-2/h13-16,19-20H,3-12,17-18H2,1-2H3. The summed E-state index contributed by atoms with van der Waals surface area (Å²) in [4.78, 5) is 0. The number of unbranched alkanes of at least 4 members (excludes halogenated alkanes) is 3. The van der Waals surface area contributed by atoms with E-state index >= 15 is 0 Å². The van der Waals surface area contributed by atoms with Gasteiger partial charge >= 0.3 is 0 Å². The molecular formula is C24H36F2O2. The van der Waals surface area contributed by atoms with Gasteiger partial charge < -0.3 is 9.47 Å². The highest BCUT2D eigenvalue weighted by Gasteiger charge is 2.26. The summed E-state index contributed by atoms with van der Waals surface area (Å²) in [6, 6.07) is 6.69. The minimum absolute atomic E-state index is 0.262. The molecule has 1 aromatic carbocycles. The second kappa shape index (κ2) is 12.9. The fourth-order valence-corrected chi connectivity index (χ4v) is 4.02. The van der Waals surface area contributed by atoms with E-state index in [1.807, 2.05) is 0 Å². The van der Waals surface area contributed by atoms with Crippen molar-refractivity contribution in [3.8, 4) is 5.75 Å². The molecule has 1 saturated carbocycles. The van der Waals surface area contributed by atoms with Crippen LogP contribution in [0.5, 0.6) is 5.75 Å². The zero-order chi connectivity index (χ0) is 20.2. The van der Waals surface area contributed by atoms with E-state index in [1.165, 1.54) is 12.8 Å². The topological polar surface area (TPSA) is 18.5 Å². The Balaban J connectivity index is 1.79. The molecule has 1 aliphatic carbocycles. The number of rotatable bonds is 12. The van der Waals surface area contributed by atoms with Crippen molar-refractivity contribution in [3.05, 3.63) is 35.7 Å². The number of hydrogen-bond donors (Lipinski definition) is 0. The molecule has 2 rings (SSSR count). The van der Waals surface area contributed by atoms with E-state index in [9.17, 15) is 8.78 Å². The van der Waals surface area contributed by atoms with Crippen molar-refractivity contribution in [1.82, 2.24) is 0 Å². The maximum Gasteiger partial charge on any atom is 0.162 e. The van der Waals surface area contributed by atoms with Gasteiger partial charge in [-0.05, 0) is 75.1 Å². The van der Waals surface area contributed by atoms with Gasteiger partial charge in [0.05, 0.1) is 6.61 Å². The first kappa shape index (κ1) is 22.9. The maximum atomic E-state index is 14.6. The van der Waals surface area contributed by atoms with E-state index in [0.29, 0.717) is 23.8 Å². The Morgan fingerprint density at radius 3 is 2.18 bits per heavy atom. The van der Waals surface area contributed by atoms with Crippen molar-refractivity contribution < 1.29 is 18.3 Å². The third-order valence-corrected chi connectivity index (χ3v) is 5.73. The Morgan fingerprint density at radius 2 is 1.57 bits per heavy atom. The summed E-state index contributed by atoms with van der Waals surface area (Å²) in [5, 5.41) is 0. The molecule has 0 atom stereocenters. The Morgan fingerprint density at radius 1 is 0.929 bits per heavy atom. The summed E-state index contributed by atoms with van der Waals surface area (Å²) >= 11 is 0. The maximum absolute atomic E-state index is 14.6. The number of benzene rings is 1. The largest absolute Gasteiger partial charge is 0.494 e. The van der Waals surface area contributed by atoms with Gasteiger partial charge in [-0.1, -0.05) is 26.2 Å². The minimum Gasteiger partial charge on any atom is -0.494 e. The Kier molecular flexibility index (Phi) is 10.6. The highest BCUT2D eigenvalue weighted by molar-refractivity contribution is 5.62. The average Bonchev–Trinajstić information content (AvgIpc) is 2.73. The molecule has 0 radical (unpaired) electrons. The Hall–Kier alpha value is -1.42. The second-order valence-corrected chi connectivity index (χ2v) is 7.95. The molecule has 0 saturated heterocycles. The summed E-state index contributed by atoms with van der Waals surface area (Å²) < 4.78 is 39.9. The van der Waals surface area contributed by atoms with E-state index in [-0.39, 0.29) is 5.92 Å². The van der Waals surface area contributed by atoms with Crippen LogP contribution in [0.3, 0.4) is 0 Å². The van der Waals surface area contributed by atoms with Crippen LogP contribution in [0.15, 0.2) is 30.1 Å². The predicted molar refractivity (Wildman–Crippen MR) is 112 cm³/mol. The van der Waals surface area contributed by atoms with Gasteiger partial charge in [0.15, 0.2) is 5.83 Å². The monoisotopic (exact) mass is 394 g/mol. The van der Waals surface area contributed by atoms with Crippen LogP contribution in [0, 0.1) is 11.8 Å². The van der Waals surface area contributed by atoms with Gasteiger partial charge in [-0.15, -0.1) is 0 Å². The van der Waals surface area contributed by atoms with E-state index in [0.717, 1.165) is 58.0 Å². The van der Waals surface area contributed by atoms with E-state index in [1.54, 1.807) is 31.4 Å². The Bertz CT molecular complexity index is 575. The summed E-state index contributed by atoms with van der Waals surface area (Å²) in [6.45, 7) is 3.63. The van der Waals surface area contributed by atoms with Gasteiger partial charge in [0.25, 0.3) is 0 Å². The van der Waals surface area contributed by atoms with E-state index < -0.39 is 11.7 Å². The molecule has 0 bridgehead atoms. The smallest absolute Gasteiger partial charge is 0.162 e. The molecule has 0 heterocycles. The summed E-state index contributed by atoms with van der Waals surface area (Å²) in [5.74, 6) is -0.145. The molecule has 0 N–H and O–H groups in total. The first-order valence-corrected chi connectivity index (χ1v) is 10.9. The van der Waals surface area contributed by atoms with Crippen molar-refractivity contribution >= 4 is 5.83 Å². The van der Waals surface area contributed by atoms with Crippen LogP contribution in [0.4, 0.5) is 8.78 Å². The summed E-state index contributed by atoms with van der Waals surface area (Å²) in [7, 11) is 1.72. The number of halogens is 2. The van der Waals surface area contributed by atoms with Crippen LogP contribution in [0.1, 0.15) is 76.7 Å². The molecule has 0 unspecified atom stereocenters. The molecular weight excluding hydrogens is 358 g/mol. The highest BCUT2D eigenvalue weighted by Crippen LogP contribution is 2.39. The highest BCUT2D eigenvalue weighted by atomic mass is 19.2. The van der Waals surface area contributed by atoms with Gasteiger partial charge in [0.1, 0.15) is 11.6 Å². The number of ether oxygens (including phenoxy) is 2. The minimum atomic E-state index is -0.705. The first-order valence-electron chi connectivity index (χ1n) is 10.9. The summed E-state index contributed by atoms with van der Waals surface area (Å²) in [6.07, 6.45) is 10.2. The normalized spacial score (nSPS) is 20.7. The first-order chi connectivity index (χ1) is 13.7. The van der Waals surface area contributed by atoms with Crippen molar-refractivity contribution in [2.45, 2.75) is 71.1 Å². The van der Waals surface area contributed by atoms with Gasteiger partial charge in [-0.2, -0.15) is 0 Å². The molecule has 158 valence electrons. The van der Waals surface area contributed by atoms with E-state index in [4.69, 9.17) is 9.47 Å². The Labute approximate surface area is 169 Å². The average molecular weight is 395 g/mol.